The zero-order valence-corrected chi connectivity index (χ0v) is 17.4. The van der Waals surface area contributed by atoms with E-state index in [2.05, 4.69) is 4.98 Å². The fraction of sp³-hybridized carbons (Fsp3) is 0.208. The third kappa shape index (κ3) is 3.48. The van der Waals surface area contributed by atoms with Crippen molar-refractivity contribution in [1.29, 1.82) is 0 Å². The molecule has 156 valence electrons. The first-order chi connectivity index (χ1) is 15.1. The van der Waals surface area contributed by atoms with Crippen LogP contribution >= 0.6 is 0 Å². The Morgan fingerprint density at radius 1 is 1.13 bits per heavy atom. The third-order valence-electron chi connectivity index (χ3n) is 5.60. The van der Waals surface area contributed by atoms with Crippen LogP contribution in [-0.2, 0) is 11.3 Å². The van der Waals surface area contributed by atoms with Crippen LogP contribution < -0.4 is 4.74 Å². The normalized spacial score (nSPS) is 16.0. The number of fused-ring (bicyclic) bond motifs is 1. The minimum absolute atomic E-state index is 0.115. The summed E-state index contributed by atoms with van der Waals surface area (Å²) in [6.45, 7) is 2.07. The molecule has 0 spiro atoms. The summed E-state index contributed by atoms with van der Waals surface area (Å²) in [5.41, 5.74) is 3.60. The lowest BCUT2D eigenvalue weighted by Crippen LogP contribution is -2.30. The van der Waals surface area contributed by atoms with E-state index in [-0.39, 0.29) is 18.5 Å². The van der Waals surface area contributed by atoms with E-state index in [0.29, 0.717) is 12.2 Å². The largest absolute Gasteiger partial charge is 0.497 e. The van der Waals surface area contributed by atoms with E-state index in [9.17, 15) is 4.79 Å². The molecule has 1 amide bonds. The van der Waals surface area contributed by atoms with E-state index in [4.69, 9.17) is 14.3 Å². The molecular formula is C24H22N4O3. The molecule has 0 fully saturated rings. The summed E-state index contributed by atoms with van der Waals surface area (Å²) in [6.07, 6.45) is 2.20. The first-order valence-electron chi connectivity index (χ1n) is 10.1. The van der Waals surface area contributed by atoms with Gasteiger partial charge in [-0.1, -0.05) is 12.1 Å². The van der Waals surface area contributed by atoms with Crippen LogP contribution in [0.15, 0.2) is 76.4 Å². The second-order valence-corrected chi connectivity index (χ2v) is 7.48. The van der Waals surface area contributed by atoms with Crippen molar-refractivity contribution < 1.29 is 13.9 Å². The van der Waals surface area contributed by atoms with Gasteiger partial charge >= 0.3 is 0 Å². The van der Waals surface area contributed by atoms with Gasteiger partial charge in [0.25, 0.3) is 5.91 Å². The van der Waals surface area contributed by atoms with E-state index in [0.717, 1.165) is 33.9 Å². The highest BCUT2D eigenvalue weighted by Crippen LogP contribution is 2.34. The van der Waals surface area contributed by atoms with Gasteiger partial charge in [0.2, 0.25) is 0 Å². The Balaban J connectivity index is 1.48. The zero-order valence-electron chi connectivity index (χ0n) is 17.4. The van der Waals surface area contributed by atoms with Crippen molar-refractivity contribution in [2.24, 2.45) is 5.10 Å². The van der Waals surface area contributed by atoms with Crippen LogP contribution in [0.5, 0.6) is 5.75 Å². The van der Waals surface area contributed by atoms with Crippen LogP contribution in [0.25, 0.3) is 11.0 Å². The molecule has 1 atom stereocenters. The molecule has 31 heavy (non-hydrogen) atoms. The molecule has 0 bridgehead atoms. The number of furan rings is 1. The number of aromatic nitrogens is 2. The second-order valence-electron chi connectivity index (χ2n) is 7.48. The van der Waals surface area contributed by atoms with Crippen molar-refractivity contribution in [2.75, 3.05) is 7.11 Å². The molecular weight excluding hydrogens is 392 g/mol. The third-order valence-corrected chi connectivity index (χ3v) is 5.60. The fourth-order valence-electron chi connectivity index (χ4n) is 4.00. The van der Waals surface area contributed by atoms with Crippen molar-refractivity contribution in [3.63, 3.8) is 0 Å². The van der Waals surface area contributed by atoms with Crippen LogP contribution in [0.1, 0.15) is 29.6 Å². The molecule has 3 heterocycles. The predicted molar refractivity (Wildman–Crippen MR) is 117 cm³/mol. The van der Waals surface area contributed by atoms with Gasteiger partial charge in [0.1, 0.15) is 29.9 Å². The highest BCUT2D eigenvalue weighted by molar-refractivity contribution is 6.03. The van der Waals surface area contributed by atoms with Crippen LogP contribution in [0.4, 0.5) is 0 Å². The molecule has 0 radical (unpaired) electrons. The quantitative estimate of drug-likeness (QED) is 0.487. The van der Waals surface area contributed by atoms with E-state index in [1.807, 2.05) is 72.2 Å². The number of para-hydroxylation sites is 2. The fourth-order valence-corrected chi connectivity index (χ4v) is 4.00. The number of carbonyl (C=O) groups is 1. The molecule has 1 aliphatic heterocycles. The lowest BCUT2D eigenvalue weighted by molar-refractivity contribution is -0.134. The zero-order chi connectivity index (χ0) is 21.4. The van der Waals surface area contributed by atoms with Crippen molar-refractivity contribution in [3.05, 3.63) is 84.1 Å². The maximum Gasteiger partial charge on any atom is 0.263 e. The molecule has 0 aliphatic carbocycles. The van der Waals surface area contributed by atoms with E-state index in [1.54, 1.807) is 18.4 Å². The van der Waals surface area contributed by atoms with Gasteiger partial charge in [0.15, 0.2) is 0 Å². The summed E-state index contributed by atoms with van der Waals surface area (Å²) in [5, 5.41) is 6.26. The second kappa shape index (κ2) is 7.75. The molecule has 7 nitrogen and oxygen atoms in total. The van der Waals surface area contributed by atoms with Gasteiger partial charge in [-0.25, -0.2) is 9.99 Å². The number of hydrogen-bond acceptors (Lipinski definition) is 5. The first kappa shape index (κ1) is 19.1. The van der Waals surface area contributed by atoms with E-state index < -0.39 is 0 Å². The van der Waals surface area contributed by atoms with Crippen molar-refractivity contribution >= 4 is 22.7 Å². The Hall–Kier alpha value is -3.87. The summed E-state index contributed by atoms with van der Waals surface area (Å²) in [6, 6.07) is 19.0. The lowest BCUT2D eigenvalue weighted by atomic mass is 10.0. The topological polar surface area (TPSA) is 72.9 Å². The highest BCUT2D eigenvalue weighted by Gasteiger charge is 2.35. The number of rotatable bonds is 5. The molecule has 0 N–H and O–H groups in total. The molecule has 0 unspecified atom stereocenters. The monoisotopic (exact) mass is 414 g/mol. The molecule has 7 heteroatoms. The summed E-state index contributed by atoms with van der Waals surface area (Å²) in [7, 11) is 1.64. The smallest absolute Gasteiger partial charge is 0.263 e. The van der Waals surface area contributed by atoms with Gasteiger partial charge in [-0.15, -0.1) is 0 Å². The Bertz CT molecular complexity index is 1260. The molecule has 0 saturated carbocycles. The minimum atomic E-state index is -0.283. The maximum absolute atomic E-state index is 13.4. The summed E-state index contributed by atoms with van der Waals surface area (Å²) in [5.74, 6) is 2.17. The van der Waals surface area contributed by atoms with Gasteiger partial charge in [0, 0.05) is 6.42 Å². The Kier molecular flexibility index (Phi) is 4.78. The highest BCUT2D eigenvalue weighted by atomic mass is 16.5. The number of hydrogen-bond donors (Lipinski definition) is 0. The summed E-state index contributed by atoms with van der Waals surface area (Å²) >= 11 is 0. The lowest BCUT2D eigenvalue weighted by Gasteiger charge is -2.20. The van der Waals surface area contributed by atoms with Gasteiger partial charge in [-0.2, -0.15) is 5.10 Å². The number of amides is 1. The van der Waals surface area contributed by atoms with Gasteiger partial charge in [-0.3, -0.25) is 4.79 Å². The number of methoxy groups -OCH3 is 1. The average Bonchev–Trinajstić information content (AvgIpc) is 3.53. The number of carbonyl (C=O) groups excluding carboxylic acids is 1. The average molecular weight is 414 g/mol. The number of imidazole rings is 1. The number of hydrazone groups is 1. The molecule has 4 aromatic rings. The van der Waals surface area contributed by atoms with Crippen molar-refractivity contribution in [1.82, 2.24) is 14.6 Å². The van der Waals surface area contributed by atoms with E-state index >= 15 is 0 Å². The number of ether oxygens (including phenoxy) is 1. The summed E-state index contributed by atoms with van der Waals surface area (Å²) < 4.78 is 12.8. The van der Waals surface area contributed by atoms with Crippen LogP contribution in [0.2, 0.25) is 0 Å². The minimum Gasteiger partial charge on any atom is -0.497 e. The van der Waals surface area contributed by atoms with Gasteiger partial charge < -0.3 is 13.7 Å². The number of aryl methyl sites for hydroxylation is 1. The number of benzene rings is 2. The maximum atomic E-state index is 13.4. The van der Waals surface area contributed by atoms with E-state index in [1.165, 1.54) is 0 Å². The molecule has 1 aliphatic rings. The SMILES string of the molecule is COc1ccc(C2=NN(C(=O)Cn3c(C)nc4ccccc43)[C@H](c3ccco3)C2)cc1. The molecule has 0 saturated heterocycles. The van der Waals surface area contributed by atoms with Crippen molar-refractivity contribution in [2.45, 2.75) is 25.9 Å². The van der Waals surface area contributed by atoms with Crippen LogP contribution in [0.3, 0.4) is 0 Å². The van der Waals surface area contributed by atoms with Gasteiger partial charge in [0.05, 0.1) is 30.1 Å². The standard InChI is InChI=1S/C24H22N4O3/c1-16-25-19-6-3-4-7-21(19)27(16)15-24(29)28-22(23-8-5-13-31-23)14-20(26-28)17-9-11-18(30-2)12-10-17/h3-13,22H,14-15H2,1-2H3/t22-/m0/s1. The van der Waals surface area contributed by atoms with Crippen LogP contribution in [0, 0.1) is 6.92 Å². The van der Waals surface area contributed by atoms with Gasteiger partial charge in [-0.05, 0) is 61.0 Å². The molecule has 2 aromatic heterocycles. The van der Waals surface area contributed by atoms with Crippen molar-refractivity contribution in [3.8, 4) is 5.75 Å². The Morgan fingerprint density at radius 3 is 2.68 bits per heavy atom. The van der Waals surface area contributed by atoms with Crippen LogP contribution in [-0.4, -0.2) is 33.3 Å². The predicted octanol–water partition coefficient (Wildman–Crippen LogP) is 4.32. The Morgan fingerprint density at radius 2 is 1.94 bits per heavy atom. The molecule has 5 rings (SSSR count). The Labute approximate surface area is 179 Å². The summed E-state index contributed by atoms with van der Waals surface area (Å²) in [4.78, 5) is 18.0. The molecule has 2 aromatic carbocycles. The number of nitrogens with zero attached hydrogens (tertiary/aromatic N) is 4. The first-order valence-corrected chi connectivity index (χ1v) is 10.1.